The lowest BCUT2D eigenvalue weighted by Crippen LogP contribution is -2.52. The van der Waals surface area contributed by atoms with Crippen LogP contribution in [0.2, 0.25) is 0 Å². The van der Waals surface area contributed by atoms with E-state index in [1.54, 1.807) is 37.3 Å². The molecular weight excluding hydrogens is 539 g/mol. The molecule has 0 N–H and O–H groups in total. The zero-order valence-corrected chi connectivity index (χ0v) is 24.8. The molecule has 224 valence electrons. The van der Waals surface area contributed by atoms with Crippen molar-refractivity contribution in [1.29, 1.82) is 0 Å². The Morgan fingerprint density at radius 3 is 2.26 bits per heavy atom. The molecule has 2 aromatic carbocycles. The number of methoxy groups -OCH3 is 2. The molecule has 0 spiro atoms. The zero-order chi connectivity index (χ0) is 30.1. The first kappa shape index (κ1) is 30.7. The van der Waals surface area contributed by atoms with Crippen LogP contribution in [0.5, 0.6) is 11.5 Å². The number of piperazine rings is 1. The average molecular weight is 579 g/mol. The number of benzene rings is 2. The van der Waals surface area contributed by atoms with E-state index in [1.807, 2.05) is 38.1 Å². The highest BCUT2D eigenvalue weighted by atomic mass is 19.1. The number of carbonyl (C=O) groups excluding carboxylic acids is 2. The summed E-state index contributed by atoms with van der Waals surface area (Å²) in [5, 5.41) is 8.84. The molecule has 1 aliphatic rings. The van der Waals surface area contributed by atoms with Gasteiger partial charge in [-0.15, -0.1) is 10.2 Å². The van der Waals surface area contributed by atoms with Crippen LogP contribution in [0.25, 0.3) is 11.3 Å². The standard InChI is InChI=1S/C31H39FN6O4/c1-5-35(6-2)15-16-38(31(40)24-9-7-8-10-26(24)32)22-30(39)37-19-17-36(18-20-37)29-14-13-27(33-34-29)25-12-11-23(41-3)21-28(25)42-4/h7-14,21H,5-6,15-20,22H2,1-4H3. The molecule has 1 aromatic heterocycles. The highest BCUT2D eigenvalue weighted by molar-refractivity contribution is 5.96. The molecule has 2 heterocycles. The Labute approximate surface area is 246 Å². The highest BCUT2D eigenvalue weighted by Gasteiger charge is 2.27. The van der Waals surface area contributed by atoms with Gasteiger partial charge >= 0.3 is 0 Å². The Morgan fingerprint density at radius 1 is 0.905 bits per heavy atom. The van der Waals surface area contributed by atoms with E-state index >= 15 is 0 Å². The summed E-state index contributed by atoms with van der Waals surface area (Å²) in [4.78, 5) is 34.1. The molecule has 1 fully saturated rings. The van der Waals surface area contributed by atoms with Crippen molar-refractivity contribution < 1.29 is 23.5 Å². The van der Waals surface area contributed by atoms with Crippen molar-refractivity contribution >= 4 is 17.6 Å². The van der Waals surface area contributed by atoms with E-state index in [4.69, 9.17) is 9.47 Å². The number of hydrogen-bond donors (Lipinski definition) is 0. The van der Waals surface area contributed by atoms with Gasteiger partial charge in [0.2, 0.25) is 5.91 Å². The molecule has 0 bridgehead atoms. The number of nitrogens with zero attached hydrogens (tertiary/aromatic N) is 6. The fraction of sp³-hybridized carbons (Fsp3) is 0.419. The second kappa shape index (κ2) is 14.6. The molecule has 2 amide bonds. The molecule has 0 atom stereocenters. The maximum absolute atomic E-state index is 14.4. The molecule has 3 aromatic rings. The molecule has 11 heteroatoms. The largest absolute Gasteiger partial charge is 0.497 e. The van der Waals surface area contributed by atoms with Crippen molar-refractivity contribution in [3.63, 3.8) is 0 Å². The van der Waals surface area contributed by atoms with Gasteiger partial charge in [-0.1, -0.05) is 26.0 Å². The quantitative estimate of drug-likeness (QED) is 0.323. The third-order valence-electron chi connectivity index (χ3n) is 7.59. The van der Waals surface area contributed by atoms with Gasteiger partial charge in [-0.25, -0.2) is 4.39 Å². The van der Waals surface area contributed by atoms with E-state index in [1.165, 1.54) is 17.0 Å². The maximum atomic E-state index is 14.4. The second-order valence-electron chi connectivity index (χ2n) is 9.94. The SMILES string of the molecule is CCN(CC)CCN(CC(=O)N1CCN(c2ccc(-c3ccc(OC)cc3OC)nn2)CC1)C(=O)c1ccccc1F. The van der Waals surface area contributed by atoms with E-state index in [2.05, 4.69) is 20.0 Å². The van der Waals surface area contributed by atoms with Crippen molar-refractivity contribution in [2.75, 3.05) is 78.0 Å². The summed E-state index contributed by atoms with van der Waals surface area (Å²) in [6.45, 7) is 8.68. The molecule has 4 rings (SSSR count). The maximum Gasteiger partial charge on any atom is 0.257 e. The van der Waals surface area contributed by atoms with E-state index in [0.717, 1.165) is 18.7 Å². The van der Waals surface area contributed by atoms with Crippen LogP contribution in [0.15, 0.2) is 54.6 Å². The number of aromatic nitrogens is 2. The molecule has 0 aliphatic carbocycles. The van der Waals surface area contributed by atoms with Gasteiger partial charge in [-0.05, 0) is 49.5 Å². The summed E-state index contributed by atoms with van der Waals surface area (Å²) >= 11 is 0. The number of carbonyl (C=O) groups is 2. The summed E-state index contributed by atoms with van der Waals surface area (Å²) in [6, 6.07) is 15.2. The minimum absolute atomic E-state index is 0.0241. The van der Waals surface area contributed by atoms with Crippen LogP contribution in [0.3, 0.4) is 0 Å². The molecule has 42 heavy (non-hydrogen) atoms. The van der Waals surface area contributed by atoms with Crippen LogP contribution < -0.4 is 14.4 Å². The molecule has 0 saturated carbocycles. The molecule has 0 radical (unpaired) electrons. The van der Waals surface area contributed by atoms with Crippen LogP contribution in [-0.4, -0.2) is 110 Å². The fourth-order valence-corrected chi connectivity index (χ4v) is 4.96. The van der Waals surface area contributed by atoms with E-state index < -0.39 is 11.7 Å². The monoisotopic (exact) mass is 578 g/mol. The molecule has 1 aliphatic heterocycles. The number of halogens is 1. The van der Waals surface area contributed by atoms with Gasteiger partial charge in [0.1, 0.15) is 23.9 Å². The Bertz CT molecular complexity index is 1340. The van der Waals surface area contributed by atoms with Crippen molar-refractivity contribution in [2.45, 2.75) is 13.8 Å². The van der Waals surface area contributed by atoms with Crippen molar-refractivity contribution in [2.24, 2.45) is 0 Å². The minimum Gasteiger partial charge on any atom is -0.497 e. The summed E-state index contributed by atoms with van der Waals surface area (Å²) in [7, 11) is 3.20. The highest BCUT2D eigenvalue weighted by Crippen LogP contribution is 2.32. The third kappa shape index (κ3) is 7.33. The smallest absolute Gasteiger partial charge is 0.257 e. The number of likely N-dealkylation sites (N-methyl/N-ethyl adjacent to an activating group) is 1. The van der Waals surface area contributed by atoms with Crippen LogP contribution in [0.4, 0.5) is 10.2 Å². The van der Waals surface area contributed by atoms with Crippen LogP contribution >= 0.6 is 0 Å². The third-order valence-corrected chi connectivity index (χ3v) is 7.59. The van der Waals surface area contributed by atoms with Crippen LogP contribution in [0, 0.1) is 5.82 Å². The summed E-state index contributed by atoms with van der Waals surface area (Å²) < 4.78 is 25.2. The number of hydrogen-bond acceptors (Lipinski definition) is 8. The topological polar surface area (TPSA) is 91.3 Å². The molecule has 0 unspecified atom stereocenters. The van der Waals surface area contributed by atoms with Gasteiger partial charge in [0.05, 0.1) is 25.5 Å². The predicted molar refractivity (Wildman–Crippen MR) is 159 cm³/mol. The van der Waals surface area contributed by atoms with Gasteiger partial charge < -0.3 is 29.1 Å². The summed E-state index contributed by atoms with van der Waals surface area (Å²) in [5.74, 6) is 0.824. The van der Waals surface area contributed by atoms with E-state index in [9.17, 15) is 14.0 Å². The molecule has 10 nitrogen and oxygen atoms in total. The van der Waals surface area contributed by atoms with Crippen molar-refractivity contribution in [3.05, 3.63) is 66.0 Å². The second-order valence-corrected chi connectivity index (χ2v) is 9.94. The minimum atomic E-state index is -0.589. The van der Waals surface area contributed by atoms with Crippen molar-refractivity contribution in [3.8, 4) is 22.8 Å². The van der Waals surface area contributed by atoms with E-state index in [-0.39, 0.29) is 18.0 Å². The first-order valence-electron chi connectivity index (χ1n) is 14.2. The predicted octanol–water partition coefficient (Wildman–Crippen LogP) is 3.43. The lowest BCUT2D eigenvalue weighted by molar-refractivity contribution is -0.132. The normalized spacial score (nSPS) is 13.3. The Kier molecular flexibility index (Phi) is 10.7. The Balaban J connectivity index is 1.38. The Hall–Kier alpha value is -4.25. The lowest BCUT2D eigenvalue weighted by Gasteiger charge is -2.36. The van der Waals surface area contributed by atoms with E-state index in [0.29, 0.717) is 62.3 Å². The molecule has 1 saturated heterocycles. The molecular formula is C31H39FN6O4. The zero-order valence-electron chi connectivity index (χ0n) is 24.8. The Morgan fingerprint density at radius 2 is 1.64 bits per heavy atom. The number of rotatable bonds is 12. The first-order chi connectivity index (χ1) is 20.4. The average Bonchev–Trinajstić information content (AvgIpc) is 3.04. The summed E-state index contributed by atoms with van der Waals surface area (Å²) in [5.41, 5.74) is 1.46. The number of anilines is 1. The fourth-order valence-electron chi connectivity index (χ4n) is 4.96. The van der Waals surface area contributed by atoms with Crippen LogP contribution in [0.1, 0.15) is 24.2 Å². The lowest BCUT2D eigenvalue weighted by atomic mass is 10.1. The van der Waals surface area contributed by atoms with Gasteiger partial charge in [0.15, 0.2) is 5.82 Å². The summed E-state index contributed by atoms with van der Waals surface area (Å²) in [6.07, 6.45) is 0. The van der Waals surface area contributed by atoms with Crippen molar-refractivity contribution in [1.82, 2.24) is 24.9 Å². The number of ether oxygens (including phenoxy) is 2. The van der Waals surface area contributed by atoms with Gasteiger partial charge in [0.25, 0.3) is 5.91 Å². The van der Waals surface area contributed by atoms with Gasteiger partial charge in [-0.3, -0.25) is 9.59 Å². The number of amides is 2. The van der Waals surface area contributed by atoms with Gasteiger partial charge in [-0.2, -0.15) is 0 Å². The van der Waals surface area contributed by atoms with Gasteiger partial charge in [0, 0.05) is 50.9 Å². The first-order valence-corrected chi connectivity index (χ1v) is 14.2. The van der Waals surface area contributed by atoms with Crippen LogP contribution in [-0.2, 0) is 4.79 Å².